The van der Waals surface area contributed by atoms with Crippen LogP contribution in [0.15, 0.2) is 17.7 Å². The van der Waals surface area contributed by atoms with Gasteiger partial charge in [0, 0.05) is 11.5 Å². The summed E-state index contributed by atoms with van der Waals surface area (Å²) in [6, 6.07) is 0. The molecule has 0 fully saturated rings. The molecule has 0 aromatic heterocycles. The van der Waals surface area contributed by atoms with Crippen molar-refractivity contribution in [3.8, 4) is 0 Å². The number of fused-ring (bicyclic) bond motifs is 1. The van der Waals surface area contributed by atoms with Gasteiger partial charge in [0.1, 0.15) is 5.83 Å². The highest BCUT2D eigenvalue weighted by Gasteiger charge is 2.61. The highest BCUT2D eigenvalue weighted by Crippen LogP contribution is 2.54. The van der Waals surface area contributed by atoms with Gasteiger partial charge in [-0.2, -0.15) is 0 Å². The Morgan fingerprint density at radius 2 is 1.36 bits per heavy atom. The molecular formula is C15H5F9O. The Kier molecular flexibility index (Phi) is 3.77. The molecule has 0 N–H and O–H groups in total. The molecule has 0 aliphatic heterocycles. The van der Waals surface area contributed by atoms with Crippen molar-refractivity contribution in [2.45, 2.75) is 18.3 Å². The van der Waals surface area contributed by atoms with E-state index in [-0.39, 0.29) is 6.08 Å². The van der Waals surface area contributed by atoms with Gasteiger partial charge in [-0.1, -0.05) is 0 Å². The van der Waals surface area contributed by atoms with Crippen molar-refractivity contribution in [3.05, 3.63) is 52.4 Å². The van der Waals surface area contributed by atoms with E-state index in [1.165, 1.54) is 0 Å². The fourth-order valence-electron chi connectivity index (χ4n) is 3.02. The van der Waals surface area contributed by atoms with Gasteiger partial charge in [0.15, 0.2) is 35.3 Å². The third-order valence-electron chi connectivity index (χ3n) is 4.20. The minimum Gasteiger partial charge on any atom is -0.287 e. The summed E-state index contributed by atoms with van der Waals surface area (Å²) >= 11 is 0. The van der Waals surface area contributed by atoms with Crippen LogP contribution in [0, 0.1) is 35.0 Å². The lowest BCUT2D eigenvalue weighted by Crippen LogP contribution is -2.44. The maximum absolute atomic E-state index is 15.1. The minimum absolute atomic E-state index is 0.285. The van der Waals surface area contributed by atoms with E-state index in [0.717, 1.165) is 0 Å². The third kappa shape index (κ3) is 2.09. The summed E-state index contributed by atoms with van der Waals surface area (Å²) < 4.78 is 124. The highest BCUT2D eigenvalue weighted by atomic mass is 19.2. The molecule has 3 unspecified atom stereocenters. The predicted octanol–water partition coefficient (Wildman–Crippen LogP) is 4.57. The molecule has 0 amide bonds. The summed E-state index contributed by atoms with van der Waals surface area (Å²) in [6.45, 7) is 0. The average molecular weight is 372 g/mol. The molecular weight excluding hydrogens is 367 g/mol. The van der Waals surface area contributed by atoms with E-state index >= 15 is 4.39 Å². The molecule has 3 atom stereocenters. The zero-order chi connectivity index (χ0) is 18.8. The molecule has 3 rings (SSSR count). The largest absolute Gasteiger partial charge is 0.287 e. The number of carbonyl (C=O) groups is 1. The van der Waals surface area contributed by atoms with Crippen LogP contribution >= 0.6 is 0 Å². The first-order valence-electron chi connectivity index (χ1n) is 6.70. The number of carbonyl (C=O) groups excluding carboxylic acids is 1. The quantitative estimate of drug-likeness (QED) is 0.401. The molecule has 0 spiro atoms. The summed E-state index contributed by atoms with van der Waals surface area (Å²) in [7, 11) is 0. The fourth-order valence-corrected chi connectivity index (χ4v) is 3.02. The van der Waals surface area contributed by atoms with Crippen molar-refractivity contribution in [2.24, 2.45) is 5.92 Å². The summed E-state index contributed by atoms with van der Waals surface area (Å²) in [5.41, 5.74) is -7.99. The number of rotatable bonds is 1. The van der Waals surface area contributed by atoms with Crippen LogP contribution in [0.5, 0.6) is 0 Å². The second-order valence-corrected chi connectivity index (χ2v) is 5.53. The molecule has 1 aromatic carbocycles. The summed E-state index contributed by atoms with van der Waals surface area (Å²) in [5.74, 6) is -21.1. The van der Waals surface area contributed by atoms with Gasteiger partial charge in [-0.3, -0.25) is 4.79 Å². The second kappa shape index (κ2) is 5.37. The number of allylic oxidation sites excluding steroid dienone is 4. The number of ketones is 1. The molecule has 2 aliphatic rings. The maximum atomic E-state index is 15.1. The first-order chi connectivity index (χ1) is 11.5. The molecule has 1 nitrogen and oxygen atoms in total. The average Bonchev–Trinajstić information content (AvgIpc) is 2.78. The topological polar surface area (TPSA) is 17.1 Å². The zero-order valence-corrected chi connectivity index (χ0v) is 11.7. The van der Waals surface area contributed by atoms with E-state index in [0.29, 0.717) is 0 Å². The monoisotopic (exact) mass is 372 g/mol. The number of Topliss-reactive ketones (excluding diaryl/α,β-unsaturated/α-hetero) is 1. The molecule has 10 heteroatoms. The minimum atomic E-state index is -3.82. The van der Waals surface area contributed by atoms with Crippen LogP contribution in [0.25, 0.3) is 5.57 Å². The van der Waals surface area contributed by atoms with Gasteiger partial charge in [-0.15, -0.1) is 0 Å². The number of hydrogen-bond donors (Lipinski definition) is 0. The van der Waals surface area contributed by atoms with Gasteiger partial charge in [0.25, 0.3) is 0 Å². The van der Waals surface area contributed by atoms with Gasteiger partial charge in [-0.05, 0) is 12.5 Å². The smallest absolute Gasteiger partial charge is 0.233 e. The zero-order valence-electron chi connectivity index (χ0n) is 11.7. The lowest BCUT2D eigenvalue weighted by atomic mass is 9.73. The predicted molar refractivity (Wildman–Crippen MR) is 65.3 cm³/mol. The molecule has 2 aliphatic carbocycles. The number of alkyl halides is 2. The van der Waals surface area contributed by atoms with Crippen LogP contribution in [0.4, 0.5) is 39.5 Å². The Hall–Kier alpha value is -2.26. The van der Waals surface area contributed by atoms with E-state index in [1.807, 2.05) is 0 Å². The molecule has 0 heterocycles. The Labute approximate surface area is 133 Å². The van der Waals surface area contributed by atoms with Crippen molar-refractivity contribution in [3.63, 3.8) is 0 Å². The SMILES string of the molecule is O=C1C(F)=CC2CC(F)C(F)=C(c3c(F)c(F)c(F)c(F)c3F)C12F. The second-order valence-electron chi connectivity index (χ2n) is 5.53. The standard InChI is InChI=1S/C15H5F9O/c16-4-1-3-2-5(17)14(25)15(3,24)7(8(4)18)6-9(19)11(21)13(23)12(22)10(6)20/h2-4H,1H2. The van der Waals surface area contributed by atoms with Crippen LogP contribution in [0.1, 0.15) is 12.0 Å². The van der Waals surface area contributed by atoms with Crippen LogP contribution < -0.4 is 0 Å². The van der Waals surface area contributed by atoms with Crippen LogP contribution in [-0.4, -0.2) is 17.6 Å². The first kappa shape index (κ1) is 17.6. The van der Waals surface area contributed by atoms with Gasteiger partial charge in [0.2, 0.25) is 17.3 Å². The van der Waals surface area contributed by atoms with Gasteiger partial charge < -0.3 is 0 Å². The Bertz CT molecular complexity index is 843. The molecule has 0 saturated carbocycles. The van der Waals surface area contributed by atoms with Crippen molar-refractivity contribution in [2.75, 3.05) is 0 Å². The van der Waals surface area contributed by atoms with Crippen LogP contribution in [-0.2, 0) is 4.79 Å². The normalized spacial score (nSPS) is 29.2. The Balaban J connectivity index is 2.40. The lowest BCUT2D eigenvalue weighted by Gasteiger charge is -2.34. The van der Waals surface area contributed by atoms with Gasteiger partial charge in [-0.25, -0.2) is 39.5 Å². The lowest BCUT2D eigenvalue weighted by molar-refractivity contribution is -0.125. The highest BCUT2D eigenvalue weighted by molar-refractivity contribution is 6.12. The Morgan fingerprint density at radius 1 is 0.880 bits per heavy atom. The van der Waals surface area contributed by atoms with Crippen LogP contribution in [0.2, 0.25) is 0 Å². The van der Waals surface area contributed by atoms with Crippen LogP contribution in [0.3, 0.4) is 0 Å². The third-order valence-corrected chi connectivity index (χ3v) is 4.20. The molecule has 1 aromatic rings. The first-order valence-corrected chi connectivity index (χ1v) is 6.70. The number of hydrogen-bond acceptors (Lipinski definition) is 1. The van der Waals surface area contributed by atoms with E-state index in [1.54, 1.807) is 0 Å². The van der Waals surface area contributed by atoms with E-state index in [9.17, 15) is 39.9 Å². The number of halogens is 9. The maximum Gasteiger partial charge on any atom is 0.233 e. The number of benzene rings is 1. The Morgan fingerprint density at radius 3 is 1.88 bits per heavy atom. The summed E-state index contributed by atoms with van der Waals surface area (Å²) in [4.78, 5) is 11.7. The molecule has 0 bridgehead atoms. The molecule has 0 saturated heterocycles. The van der Waals surface area contributed by atoms with Crippen molar-refractivity contribution in [1.29, 1.82) is 0 Å². The molecule has 134 valence electrons. The van der Waals surface area contributed by atoms with E-state index in [2.05, 4.69) is 0 Å². The van der Waals surface area contributed by atoms with Crippen molar-refractivity contribution in [1.82, 2.24) is 0 Å². The van der Waals surface area contributed by atoms with Crippen molar-refractivity contribution < 1.29 is 44.3 Å². The van der Waals surface area contributed by atoms with E-state index in [4.69, 9.17) is 0 Å². The fraction of sp³-hybridized carbons (Fsp3) is 0.267. The van der Waals surface area contributed by atoms with E-state index < -0.39 is 81.8 Å². The summed E-state index contributed by atoms with van der Waals surface area (Å²) in [6.07, 6.45) is -3.53. The van der Waals surface area contributed by atoms with Gasteiger partial charge in [0.05, 0.1) is 5.56 Å². The summed E-state index contributed by atoms with van der Waals surface area (Å²) in [5, 5.41) is 0. The molecule has 0 radical (unpaired) electrons. The molecule has 25 heavy (non-hydrogen) atoms. The van der Waals surface area contributed by atoms with Crippen molar-refractivity contribution >= 4 is 11.4 Å². The van der Waals surface area contributed by atoms with Gasteiger partial charge >= 0.3 is 0 Å².